The smallest absolute Gasteiger partial charge is 0.137 e. The van der Waals surface area contributed by atoms with Crippen molar-refractivity contribution in [3.05, 3.63) is 34.5 Å². The molecule has 0 saturated heterocycles. The van der Waals surface area contributed by atoms with Crippen LogP contribution >= 0.6 is 15.9 Å². The second kappa shape index (κ2) is 5.28. The van der Waals surface area contributed by atoms with Gasteiger partial charge in [-0.05, 0) is 22.9 Å². The molecule has 2 N–H and O–H groups in total. The van der Waals surface area contributed by atoms with Crippen LogP contribution < -0.4 is 5.32 Å². The molecule has 6 heteroatoms. The second-order valence-corrected chi connectivity index (χ2v) is 6.36. The van der Waals surface area contributed by atoms with Gasteiger partial charge in [-0.2, -0.15) is 5.10 Å². The van der Waals surface area contributed by atoms with Crippen LogP contribution in [-0.4, -0.2) is 20.2 Å². The maximum absolute atomic E-state index is 4.57. The van der Waals surface area contributed by atoms with E-state index in [2.05, 4.69) is 69.1 Å². The summed E-state index contributed by atoms with van der Waals surface area (Å²) < 4.78 is 0.786. The van der Waals surface area contributed by atoms with Crippen LogP contribution in [0.25, 0.3) is 0 Å². The minimum Gasteiger partial charge on any atom is -0.363 e. The lowest BCUT2D eigenvalue weighted by atomic mass is 9.96. The van der Waals surface area contributed by atoms with Gasteiger partial charge in [-0.15, -0.1) is 0 Å². The van der Waals surface area contributed by atoms with E-state index in [4.69, 9.17) is 0 Å². The highest BCUT2D eigenvalue weighted by Gasteiger charge is 2.19. The number of H-pyrrole nitrogens is 1. The first kappa shape index (κ1) is 14.0. The van der Waals surface area contributed by atoms with Crippen molar-refractivity contribution in [1.82, 2.24) is 20.2 Å². The van der Waals surface area contributed by atoms with Gasteiger partial charge in [-0.1, -0.05) is 20.8 Å². The molecule has 1 unspecified atom stereocenters. The van der Waals surface area contributed by atoms with E-state index in [1.54, 1.807) is 6.20 Å². The number of halogens is 1. The summed E-state index contributed by atoms with van der Waals surface area (Å²) in [6, 6.07) is 2.01. The van der Waals surface area contributed by atoms with Gasteiger partial charge in [0.2, 0.25) is 0 Å². The normalized spacial score (nSPS) is 13.3. The quantitative estimate of drug-likeness (QED) is 0.849. The molecule has 102 valence electrons. The molecule has 0 radical (unpaired) electrons. The summed E-state index contributed by atoms with van der Waals surface area (Å²) in [5, 5.41) is 10.1. The van der Waals surface area contributed by atoms with Gasteiger partial charge in [0.15, 0.2) is 0 Å². The van der Waals surface area contributed by atoms with E-state index in [1.807, 2.05) is 12.3 Å². The van der Waals surface area contributed by atoms with Crippen LogP contribution in [-0.2, 0) is 5.41 Å². The molecule has 0 fully saturated rings. The average molecular weight is 324 g/mol. The lowest BCUT2D eigenvalue weighted by Gasteiger charge is -2.19. The standard InChI is InChI=1S/C13H18BrN5/c1-8(9-6-15-16-7-9)17-11-5-10(14)18-12(19-11)13(2,3)4/h5-8H,1-4H3,(H,15,16)(H,17,18,19). The molecular weight excluding hydrogens is 306 g/mol. The summed E-state index contributed by atoms with van der Waals surface area (Å²) >= 11 is 3.43. The Morgan fingerprint density at radius 3 is 2.63 bits per heavy atom. The molecule has 0 bridgehead atoms. The largest absolute Gasteiger partial charge is 0.363 e. The highest BCUT2D eigenvalue weighted by Crippen LogP contribution is 2.24. The molecule has 0 aliphatic heterocycles. The van der Waals surface area contributed by atoms with E-state index in [0.717, 1.165) is 21.8 Å². The fourth-order valence-corrected chi connectivity index (χ4v) is 2.01. The molecule has 0 aromatic carbocycles. The van der Waals surface area contributed by atoms with Crippen molar-refractivity contribution in [2.45, 2.75) is 39.2 Å². The highest BCUT2D eigenvalue weighted by atomic mass is 79.9. The van der Waals surface area contributed by atoms with Crippen molar-refractivity contribution in [3.8, 4) is 0 Å². The highest BCUT2D eigenvalue weighted by molar-refractivity contribution is 9.10. The number of hydrogen-bond acceptors (Lipinski definition) is 4. The average Bonchev–Trinajstić information content (AvgIpc) is 2.80. The number of nitrogens with one attached hydrogen (secondary N) is 2. The van der Waals surface area contributed by atoms with Crippen molar-refractivity contribution < 1.29 is 0 Å². The van der Waals surface area contributed by atoms with Crippen molar-refractivity contribution >= 4 is 21.7 Å². The Kier molecular flexibility index (Phi) is 3.89. The number of hydrogen-bond donors (Lipinski definition) is 2. The zero-order chi connectivity index (χ0) is 14.0. The van der Waals surface area contributed by atoms with Crippen LogP contribution in [0.1, 0.15) is 45.1 Å². The van der Waals surface area contributed by atoms with E-state index in [9.17, 15) is 0 Å². The number of nitrogens with zero attached hydrogens (tertiary/aromatic N) is 3. The lowest BCUT2D eigenvalue weighted by Crippen LogP contribution is -2.18. The Hall–Kier alpha value is -1.43. The molecule has 5 nitrogen and oxygen atoms in total. The molecule has 0 aliphatic carbocycles. The molecule has 19 heavy (non-hydrogen) atoms. The van der Waals surface area contributed by atoms with Crippen LogP contribution in [0.2, 0.25) is 0 Å². The van der Waals surface area contributed by atoms with E-state index in [1.165, 1.54) is 0 Å². The molecule has 2 aromatic heterocycles. The topological polar surface area (TPSA) is 66.5 Å². The van der Waals surface area contributed by atoms with Crippen molar-refractivity contribution in [2.24, 2.45) is 0 Å². The minimum absolute atomic E-state index is 0.0842. The lowest BCUT2D eigenvalue weighted by molar-refractivity contribution is 0.544. The van der Waals surface area contributed by atoms with Crippen molar-refractivity contribution in [1.29, 1.82) is 0 Å². The third kappa shape index (κ3) is 3.53. The van der Waals surface area contributed by atoms with Gasteiger partial charge in [0.05, 0.1) is 12.2 Å². The van der Waals surface area contributed by atoms with Gasteiger partial charge in [0.25, 0.3) is 0 Å². The summed E-state index contributed by atoms with van der Waals surface area (Å²) in [7, 11) is 0. The van der Waals surface area contributed by atoms with Gasteiger partial charge in [-0.25, -0.2) is 9.97 Å². The summed E-state index contributed by atoms with van der Waals surface area (Å²) in [6.07, 6.45) is 3.68. The van der Waals surface area contributed by atoms with Crippen LogP contribution in [0.3, 0.4) is 0 Å². The number of anilines is 1. The third-order valence-corrected chi connectivity index (χ3v) is 3.16. The molecule has 0 spiro atoms. The van der Waals surface area contributed by atoms with Crippen LogP contribution in [0.15, 0.2) is 23.1 Å². The maximum atomic E-state index is 4.57. The zero-order valence-electron chi connectivity index (χ0n) is 11.5. The molecule has 0 aliphatic rings. The summed E-state index contributed by atoms with van der Waals surface area (Å²) in [4.78, 5) is 8.99. The van der Waals surface area contributed by atoms with Gasteiger partial charge in [0, 0.05) is 23.2 Å². The molecular formula is C13H18BrN5. The Morgan fingerprint density at radius 2 is 2.05 bits per heavy atom. The number of rotatable bonds is 3. The molecule has 0 saturated carbocycles. The van der Waals surface area contributed by atoms with Gasteiger partial charge in [-0.3, -0.25) is 5.10 Å². The number of aromatic amines is 1. The predicted molar refractivity (Wildman–Crippen MR) is 79.1 cm³/mol. The fourth-order valence-electron chi connectivity index (χ4n) is 1.63. The van der Waals surface area contributed by atoms with Crippen LogP contribution in [0.5, 0.6) is 0 Å². The van der Waals surface area contributed by atoms with Gasteiger partial charge < -0.3 is 5.32 Å². The van der Waals surface area contributed by atoms with Gasteiger partial charge >= 0.3 is 0 Å². The fraction of sp³-hybridized carbons (Fsp3) is 0.462. The number of aromatic nitrogens is 4. The monoisotopic (exact) mass is 323 g/mol. The van der Waals surface area contributed by atoms with Crippen molar-refractivity contribution in [2.75, 3.05) is 5.32 Å². The van der Waals surface area contributed by atoms with E-state index < -0.39 is 0 Å². The summed E-state index contributed by atoms with van der Waals surface area (Å²) in [6.45, 7) is 8.35. The first-order valence-corrected chi connectivity index (χ1v) is 6.96. The summed E-state index contributed by atoms with van der Waals surface area (Å²) in [5.74, 6) is 1.62. The second-order valence-electron chi connectivity index (χ2n) is 5.55. The van der Waals surface area contributed by atoms with E-state index in [-0.39, 0.29) is 11.5 Å². The van der Waals surface area contributed by atoms with E-state index in [0.29, 0.717) is 0 Å². The van der Waals surface area contributed by atoms with Crippen molar-refractivity contribution in [3.63, 3.8) is 0 Å². The first-order chi connectivity index (χ1) is 8.86. The Balaban J connectivity index is 2.23. The molecule has 1 atom stereocenters. The van der Waals surface area contributed by atoms with Gasteiger partial charge in [0.1, 0.15) is 16.2 Å². The Morgan fingerprint density at radius 1 is 1.32 bits per heavy atom. The van der Waals surface area contributed by atoms with Crippen LogP contribution in [0, 0.1) is 0 Å². The van der Waals surface area contributed by atoms with Crippen LogP contribution in [0.4, 0.5) is 5.82 Å². The Bertz CT molecular complexity index is 545. The minimum atomic E-state index is -0.0842. The molecule has 2 heterocycles. The third-order valence-electron chi connectivity index (χ3n) is 2.75. The molecule has 0 amide bonds. The zero-order valence-corrected chi connectivity index (χ0v) is 13.1. The summed E-state index contributed by atoms with van der Waals surface area (Å²) in [5.41, 5.74) is 1.01. The van der Waals surface area contributed by atoms with E-state index >= 15 is 0 Å². The molecule has 2 rings (SSSR count). The first-order valence-electron chi connectivity index (χ1n) is 6.16. The predicted octanol–water partition coefficient (Wildman–Crippen LogP) is 3.43. The maximum Gasteiger partial charge on any atom is 0.137 e. The SMILES string of the molecule is CC(Nc1cc(Br)nc(C(C)(C)C)n1)c1cn[nH]c1. The molecule has 2 aromatic rings. The Labute approximate surface area is 121 Å².